The molecular formula is C13H12FN3O2. The third kappa shape index (κ3) is 2.58. The Balaban J connectivity index is 2.44. The van der Waals surface area contributed by atoms with E-state index in [9.17, 15) is 9.18 Å². The maximum atomic E-state index is 13.9. The van der Waals surface area contributed by atoms with Crippen molar-refractivity contribution in [1.82, 2.24) is 9.97 Å². The van der Waals surface area contributed by atoms with Crippen LogP contribution in [0.25, 0.3) is 0 Å². The smallest absolute Gasteiger partial charge is 0.250 e. The molecule has 0 radical (unpaired) electrons. The standard InChI is InChI=1S/C13H12FN3O2/c1-19-13-11(14)10(3-5-17-13)12(18)8-2-4-16-9(6-8)7-15/h2-6H,7,15H2,1H3. The zero-order valence-electron chi connectivity index (χ0n) is 10.3. The Morgan fingerprint density at radius 2 is 2.11 bits per heavy atom. The van der Waals surface area contributed by atoms with E-state index in [0.29, 0.717) is 11.3 Å². The number of ketones is 1. The summed E-state index contributed by atoms with van der Waals surface area (Å²) in [5, 5.41) is 0. The first-order chi connectivity index (χ1) is 9.17. The lowest BCUT2D eigenvalue weighted by Gasteiger charge is -2.06. The molecule has 2 heterocycles. The molecule has 0 spiro atoms. The van der Waals surface area contributed by atoms with E-state index < -0.39 is 11.6 Å². The van der Waals surface area contributed by atoms with Crippen LogP contribution in [0.15, 0.2) is 30.6 Å². The highest BCUT2D eigenvalue weighted by Gasteiger charge is 2.18. The van der Waals surface area contributed by atoms with Gasteiger partial charge in [-0.3, -0.25) is 9.78 Å². The van der Waals surface area contributed by atoms with Crippen LogP contribution in [0.4, 0.5) is 4.39 Å². The number of methoxy groups -OCH3 is 1. The number of hydrogen-bond acceptors (Lipinski definition) is 5. The maximum absolute atomic E-state index is 13.9. The van der Waals surface area contributed by atoms with Gasteiger partial charge in [0.1, 0.15) is 0 Å². The van der Waals surface area contributed by atoms with Crippen LogP contribution in [-0.2, 0) is 6.54 Å². The third-order valence-corrected chi connectivity index (χ3v) is 2.58. The van der Waals surface area contributed by atoms with Crippen LogP contribution in [0.2, 0.25) is 0 Å². The van der Waals surface area contributed by atoms with Crippen LogP contribution in [-0.4, -0.2) is 22.9 Å². The molecule has 0 unspecified atom stereocenters. The predicted octanol–water partition coefficient (Wildman–Crippen LogP) is 1.31. The van der Waals surface area contributed by atoms with Crippen LogP contribution in [0.1, 0.15) is 21.6 Å². The average Bonchev–Trinajstić information content (AvgIpc) is 2.47. The van der Waals surface area contributed by atoms with Crippen LogP contribution >= 0.6 is 0 Å². The molecule has 0 amide bonds. The molecule has 2 N–H and O–H groups in total. The number of carbonyl (C=O) groups is 1. The molecule has 2 rings (SSSR count). The summed E-state index contributed by atoms with van der Waals surface area (Å²) >= 11 is 0. The van der Waals surface area contributed by atoms with Crippen molar-refractivity contribution < 1.29 is 13.9 Å². The highest BCUT2D eigenvalue weighted by Crippen LogP contribution is 2.20. The Morgan fingerprint density at radius 1 is 1.37 bits per heavy atom. The molecule has 19 heavy (non-hydrogen) atoms. The zero-order chi connectivity index (χ0) is 13.8. The van der Waals surface area contributed by atoms with Crippen molar-refractivity contribution in [2.24, 2.45) is 5.73 Å². The number of nitrogens with two attached hydrogens (primary N) is 1. The number of pyridine rings is 2. The monoisotopic (exact) mass is 261 g/mol. The van der Waals surface area contributed by atoms with Crippen molar-refractivity contribution in [3.8, 4) is 5.88 Å². The fraction of sp³-hybridized carbons (Fsp3) is 0.154. The second-order valence-electron chi connectivity index (χ2n) is 3.75. The molecule has 0 aromatic carbocycles. The molecule has 0 aliphatic rings. The summed E-state index contributed by atoms with van der Waals surface area (Å²) in [4.78, 5) is 19.9. The van der Waals surface area contributed by atoms with Crippen molar-refractivity contribution in [1.29, 1.82) is 0 Å². The first-order valence-corrected chi connectivity index (χ1v) is 5.55. The normalized spacial score (nSPS) is 10.3. The summed E-state index contributed by atoms with van der Waals surface area (Å²) in [6, 6.07) is 4.35. The number of aromatic nitrogens is 2. The molecule has 5 nitrogen and oxygen atoms in total. The van der Waals surface area contributed by atoms with Crippen molar-refractivity contribution >= 4 is 5.78 Å². The summed E-state index contributed by atoms with van der Waals surface area (Å²) in [5.41, 5.74) is 6.24. The lowest BCUT2D eigenvalue weighted by molar-refractivity contribution is 0.103. The van der Waals surface area contributed by atoms with Crippen LogP contribution in [0.3, 0.4) is 0 Å². The molecule has 0 atom stereocenters. The lowest BCUT2D eigenvalue weighted by Crippen LogP contribution is -2.08. The molecule has 2 aromatic rings. The number of ether oxygens (including phenoxy) is 1. The van der Waals surface area contributed by atoms with Crippen molar-refractivity contribution in [3.63, 3.8) is 0 Å². The fourth-order valence-corrected chi connectivity index (χ4v) is 1.63. The fourth-order valence-electron chi connectivity index (χ4n) is 1.63. The van der Waals surface area contributed by atoms with E-state index in [1.165, 1.54) is 37.7 Å². The van der Waals surface area contributed by atoms with Gasteiger partial charge in [-0.05, 0) is 18.2 Å². The molecule has 0 saturated carbocycles. The van der Waals surface area contributed by atoms with E-state index >= 15 is 0 Å². The first kappa shape index (κ1) is 13.1. The summed E-state index contributed by atoms with van der Waals surface area (Å²) in [6.45, 7) is 0.212. The van der Waals surface area contributed by atoms with Gasteiger partial charge in [-0.15, -0.1) is 0 Å². The van der Waals surface area contributed by atoms with Gasteiger partial charge >= 0.3 is 0 Å². The van der Waals surface area contributed by atoms with E-state index in [0.717, 1.165) is 0 Å². The zero-order valence-corrected chi connectivity index (χ0v) is 10.3. The highest BCUT2D eigenvalue weighted by atomic mass is 19.1. The number of halogens is 1. The van der Waals surface area contributed by atoms with Crippen molar-refractivity contribution in [3.05, 3.63) is 53.2 Å². The summed E-state index contributed by atoms with van der Waals surface area (Å²) < 4.78 is 18.7. The number of rotatable bonds is 4. The molecule has 2 aromatic heterocycles. The Kier molecular flexibility index (Phi) is 3.82. The first-order valence-electron chi connectivity index (χ1n) is 5.55. The van der Waals surface area contributed by atoms with Gasteiger partial charge in [0.05, 0.1) is 18.4 Å². The molecule has 0 aliphatic carbocycles. The van der Waals surface area contributed by atoms with Crippen molar-refractivity contribution in [2.45, 2.75) is 6.54 Å². The van der Waals surface area contributed by atoms with E-state index in [2.05, 4.69) is 9.97 Å². The summed E-state index contributed by atoms with van der Waals surface area (Å²) in [7, 11) is 1.29. The van der Waals surface area contributed by atoms with E-state index in [1.807, 2.05) is 0 Å². The molecule has 0 bridgehead atoms. The molecule has 98 valence electrons. The number of nitrogens with zero attached hydrogens (tertiary/aromatic N) is 2. The van der Waals surface area contributed by atoms with Gasteiger partial charge in [0, 0.05) is 24.5 Å². The predicted molar refractivity (Wildman–Crippen MR) is 66.3 cm³/mol. The molecule has 0 aliphatic heterocycles. The number of carbonyl (C=O) groups excluding carboxylic acids is 1. The summed E-state index contributed by atoms with van der Waals surface area (Å²) in [6.07, 6.45) is 2.78. The van der Waals surface area contributed by atoms with Crippen LogP contribution in [0, 0.1) is 5.82 Å². The Morgan fingerprint density at radius 3 is 2.79 bits per heavy atom. The SMILES string of the molecule is COc1nccc(C(=O)c2ccnc(CN)c2)c1F. The van der Waals surface area contributed by atoms with Gasteiger partial charge in [0.15, 0.2) is 11.6 Å². The minimum atomic E-state index is -0.777. The quantitative estimate of drug-likeness (QED) is 0.840. The Bertz CT molecular complexity index is 617. The Hall–Kier alpha value is -2.34. The van der Waals surface area contributed by atoms with Gasteiger partial charge in [-0.2, -0.15) is 0 Å². The van der Waals surface area contributed by atoms with E-state index in [4.69, 9.17) is 10.5 Å². The molecule has 6 heteroatoms. The van der Waals surface area contributed by atoms with E-state index in [1.54, 1.807) is 0 Å². The van der Waals surface area contributed by atoms with Crippen LogP contribution < -0.4 is 10.5 Å². The highest BCUT2D eigenvalue weighted by molar-refractivity contribution is 6.09. The minimum absolute atomic E-state index is 0.0963. The van der Waals surface area contributed by atoms with Gasteiger partial charge in [-0.25, -0.2) is 9.37 Å². The second-order valence-corrected chi connectivity index (χ2v) is 3.75. The van der Waals surface area contributed by atoms with Gasteiger partial charge < -0.3 is 10.5 Å². The number of hydrogen-bond donors (Lipinski definition) is 1. The topological polar surface area (TPSA) is 78.1 Å². The average molecular weight is 261 g/mol. The maximum Gasteiger partial charge on any atom is 0.250 e. The van der Waals surface area contributed by atoms with Crippen molar-refractivity contribution in [2.75, 3.05) is 7.11 Å². The molecule has 0 saturated heterocycles. The third-order valence-electron chi connectivity index (χ3n) is 2.58. The van der Waals surface area contributed by atoms with Crippen LogP contribution in [0.5, 0.6) is 5.88 Å². The Labute approximate surface area is 109 Å². The van der Waals surface area contributed by atoms with Gasteiger partial charge in [0.25, 0.3) is 5.88 Å². The minimum Gasteiger partial charge on any atom is -0.479 e. The van der Waals surface area contributed by atoms with Gasteiger partial charge in [-0.1, -0.05) is 0 Å². The van der Waals surface area contributed by atoms with E-state index in [-0.39, 0.29) is 18.0 Å². The van der Waals surface area contributed by atoms with Gasteiger partial charge in [0.2, 0.25) is 0 Å². The summed E-state index contributed by atoms with van der Waals surface area (Å²) in [5.74, 6) is -1.45. The lowest BCUT2D eigenvalue weighted by atomic mass is 10.0. The molecular weight excluding hydrogens is 249 g/mol. The molecule has 0 fully saturated rings. The second kappa shape index (κ2) is 5.53. The largest absolute Gasteiger partial charge is 0.479 e.